The number of rotatable bonds is 0. The Bertz CT molecular complexity index is 153. The van der Waals surface area contributed by atoms with Gasteiger partial charge in [-0.15, -0.1) is 0 Å². The first kappa shape index (κ1) is 6.20. The number of hydrogen-bond donors (Lipinski definition) is 0. The minimum absolute atomic E-state index is 0.0599. The second kappa shape index (κ2) is 2.26. The van der Waals surface area contributed by atoms with Gasteiger partial charge in [0.15, 0.2) is 0 Å². The van der Waals surface area contributed by atoms with E-state index in [0.29, 0.717) is 12.5 Å². The van der Waals surface area contributed by atoms with E-state index in [1.54, 1.807) is 0 Å². The third-order valence-electron chi connectivity index (χ3n) is 2.65. The van der Waals surface area contributed by atoms with E-state index in [-0.39, 0.29) is 11.9 Å². The van der Waals surface area contributed by atoms with Gasteiger partial charge in [0, 0.05) is 5.92 Å². The molecule has 1 unspecified atom stereocenters. The van der Waals surface area contributed by atoms with Gasteiger partial charge in [-0.25, -0.2) is 0 Å². The summed E-state index contributed by atoms with van der Waals surface area (Å²) in [5, 5.41) is 0. The van der Waals surface area contributed by atoms with Gasteiger partial charge in [-0.05, 0) is 12.8 Å². The third-order valence-corrected chi connectivity index (χ3v) is 2.65. The summed E-state index contributed by atoms with van der Waals surface area (Å²) < 4.78 is 4.96. The van der Waals surface area contributed by atoms with Crippen LogP contribution in [-0.2, 0) is 9.53 Å². The van der Waals surface area contributed by atoms with Gasteiger partial charge in [-0.1, -0.05) is 12.8 Å². The van der Waals surface area contributed by atoms with Gasteiger partial charge in [-0.3, -0.25) is 4.79 Å². The first-order valence-electron chi connectivity index (χ1n) is 4.04. The zero-order chi connectivity index (χ0) is 6.97. The highest BCUT2D eigenvalue weighted by molar-refractivity contribution is 5.74. The third kappa shape index (κ3) is 0.825. The quantitative estimate of drug-likeness (QED) is 0.475. The molecule has 0 aromatic carbocycles. The molecule has 2 rings (SSSR count). The van der Waals surface area contributed by atoms with Crippen LogP contribution in [0.25, 0.3) is 0 Å². The minimum Gasteiger partial charge on any atom is -0.465 e. The Labute approximate surface area is 60.6 Å². The molecule has 2 nitrogen and oxygen atoms in total. The topological polar surface area (TPSA) is 26.3 Å². The normalized spacial score (nSPS) is 39.0. The summed E-state index contributed by atoms with van der Waals surface area (Å²) in [5.74, 6) is 0.903. The van der Waals surface area contributed by atoms with Crippen LogP contribution in [0, 0.1) is 11.8 Å². The second-order valence-electron chi connectivity index (χ2n) is 3.28. The predicted octanol–water partition coefficient (Wildman–Crippen LogP) is 1.35. The Hall–Kier alpha value is -0.530. The molecule has 0 aromatic heterocycles. The summed E-state index contributed by atoms with van der Waals surface area (Å²) in [6.07, 6.45) is 4.79. The molecule has 0 radical (unpaired) electrons. The lowest BCUT2D eigenvalue weighted by Crippen LogP contribution is -2.19. The number of ether oxygens (including phenoxy) is 1. The summed E-state index contributed by atoms with van der Waals surface area (Å²) in [6, 6.07) is 0. The molecule has 0 aromatic rings. The van der Waals surface area contributed by atoms with E-state index >= 15 is 0 Å². The number of esters is 1. The van der Waals surface area contributed by atoms with Crippen LogP contribution in [0.2, 0.25) is 0 Å². The van der Waals surface area contributed by atoms with Gasteiger partial charge in [-0.2, -0.15) is 0 Å². The maximum Gasteiger partial charge on any atom is 0.309 e. The average molecular weight is 140 g/mol. The molecule has 2 aliphatic rings. The Kier molecular flexibility index (Phi) is 1.40. The second-order valence-corrected chi connectivity index (χ2v) is 3.28. The molecule has 1 saturated heterocycles. The molecular weight excluding hydrogens is 128 g/mol. The number of carbonyl (C=O) groups excluding carboxylic acids is 1. The van der Waals surface area contributed by atoms with Crippen LogP contribution in [0.5, 0.6) is 0 Å². The van der Waals surface area contributed by atoms with E-state index in [4.69, 9.17) is 4.74 Å². The van der Waals surface area contributed by atoms with Crippen molar-refractivity contribution in [3.05, 3.63) is 0 Å². The zero-order valence-corrected chi connectivity index (χ0v) is 6.01. The summed E-state index contributed by atoms with van der Waals surface area (Å²) >= 11 is 0. The van der Waals surface area contributed by atoms with Crippen LogP contribution in [0.1, 0.15) is 25.7 Å². The summed E-state index contributed by atoms with van der Waals surface area (Å²) in [6.45, 7) is 0.698. The predicted molar refractivity (Wildman–Crippen MR) is 36.4 cm³/mol. The monoisotopic (exact) mass is 140 g/mol. The molecule has 2 heteroatoms. The first-order chi connectivity index (χ1) is 4.88. The lowest BCUT2D eigenvalue weighted by Gasteiger charge is -2.19. The number of cyclic esters (lactones) is 1. The lowest BCUT2D eigenvalue weighted by atomic mass is 9.81. The summed E-state index contributed by atoms with van der Waals surface area (Å²) in [7, 11) is 0. The molecule has 1 saturated carbocycles. The van der Waals surface area contributed by atoms with Crippen molar-refractivity contribution in [3.8, 4) is 0 Å². The van der Waals surface area contributed by atoms with Crippen molar-refractivity contribution in [2.75, 3.05) is 6.61 Å². The van der Waals surface area contributed by atoms with Crippen LogP contribution in [0.4, 0.5) is 0 Å². The Morgan fingerprint density at radius 3 is 2.90 bits per heavy atom. The average Bonchev–Trinajstić information content (AvgIpc) is 2.34. The van der Waals surface area contributed by atoms with Crippen molar-refractivity contribution in [3.63, 3.8) is 0 Å². The molecule has 10 heavy (non-hydrogen) atoms. The number of carbonyl (C=O) groups is 1. The molecule has 0 bridgehead atoms. The van der Waals surface area contributed by atoms with Crippen molar-refractivity contribution in [1.82, 2.24) is 0 Å². The maximum atomic E-state index is 11.0. The Morgan fingerprint density at radius 2 is 2.10 bits per heavy atom. The fraction of sp³-hybridized carbons (Fsp3) is 0.875. The van der Waals surface area contributed by atoms with Gasteiger partial charge in [0.2, 0.25) is 0 Å². The van der Waals surface area contributed by atoms with E-state index in [1.165, 1.54) is 19.3 Å². The molecule has 1 aliphatic heterocycles. The fourth-order valence-electron chi connectivity index (χ4n) is 2.01. The van der Waals surface area contributed by atoms with Gasteiger partial charge < -0.3 is 4.74 Å². The molecule has 2 atom stereocenters. The number of fused-ring (bicyclic) bond motifs is 1. The van der Waals surface area contributed by atoms with Gasteiger partial charge in [0.25, 0.3) is 0 Å². The number of hydrogen-bond acceptors (Lipinski definition) is 2. The molecule has 0 N–H and O–H groups in total. The van der Waals surface area contributed by atoms with Crippen molar-refractivity contribution < 1.29 is 9.53 Å². The highest BCUT2D eigenvalue weighted by Crippen LogP contribution is 2.35. The summed E-state index contributed by atoms with van der Waals surface area (Å²) in [5.41, 5.74) is 0. The molecule has 2 fully saturated rings. The van der Waals surface area contributed by atoms with E-state index < -0.39 is 0 Å². The SMILES string of the molecule is O=C1OC[C@@H]2CCCCC12. The lowest BCUT2D eigenvalue weighted by molar-refractivity contribution is -0.141. The van der Waals surface area contributed by atoms with E-state index in [1.807, 2.05) is 0 Å². The van der Waals surface area contributed by atoms with E-state index in [2.05, 4.69) is 0 Å². The van der Waals surface area contributed by atoms with Gasteiger partial charge in [0.05, 0.1) is 12.5 Å². The molecule has 1 aliphatic carbocycles. The Balaban J connectivity index is 2.08. The summed E-state index contributed by atoms with van der Waals surface area (Å²) in [4.78, 5) is 11.0. The molecule has 1 heterocycles. The van der Waals surface area contributed by atoms with Crippen molar-refractivity contribution in [2.45, 2.75) is 25.7 Å². The van der Waals surface area contributed by atoms with E-state index in [0.717, 1.165) is 6.42 Å². The zero-order valence-electron chi connectivity index (χ0n) is 6.01. The highest BCUT2D eigenvalue weighted by Gasteiger charge is 2.37. The Morgan fingerprint density at radius 1 is 1.30 bits per heavy atom. The van der Waals surface area contributed by atoms with E-state index in [9.17, 15) is 4.79 Å². The maximum absolute atomic E-state index is 11.0. The van der Waals surface area contributed by atoms with Crippen molar-refractivity contribution >= 4 is 5.97 Å². The highest BCUT2D eigenvalue weighted by atomic mass is 16.5. The molecule has 0 spiro atoms. The smallest absolute Gasteiger partial charge is 0.309 e. The van der Waals surface area contributed by atoms with Crippen LogP contribution in [0.3, 0.4) is 0 Å². The van der Waals surface area contributed by atoms with Crippen LogP contribution < -0.4 is 0 Å². The van der Waals surface area contributed by atoms with Crippen LogP contribution in [-0.4, -0.2) is 12.6 Å². The minimum atomic E-state index is 0.0599. The fourth-order valence-corrected chi connectivity index (χ4v) is 2.01. The first-order valence-corrected chi connectivity index (χ1v) is 4.04. The molecule has 56 valence electrons. The van der Waals surface area contributed by atoms with Crippen molar-refractivity contribution in [2.24, 2.45) is 11.8 Å². The molecule has 0 amide bonds. The van der Waals surface area contributed by atoms with Crippen LogP contribution >= 0.6 is 0 Å². The molecular formula is C8H12O2. The van der Waals surface area contributed by atoms with Gasteiger partial charge >= 0.3 is 5.97 Å². The van der Waals surface area contributed by atoms with Crippen molar-refractivity contribution in [1.29, 1.82) is 0 Å². The largest absolute Gasteiger partial charge is 0.465 e. The van der Waals surface area contributed by atoms with Crippen LogP contribution in [0.15, 0.2) is 0 Å². The van der Waals surface area contributed by atoms with Gasteiger partial charge in [0.1, 0.15) is 0 Å². The standard InChI is InChI=1S/C8H12O2/c9-8-7-4-2-1-3-6(7)5-10-8/h6-7H,1-5H2/t6-,7?/m0/s1.